The number of carbonyl (C=O) groups excluding carboxylic acids is 1. The monoisotopic (exact) mass is 252 g/mol. The van der Waals surface area contributed by atoms with Crippen molar-refractivity contribution in [2.75, 3.05) is 7.05 Å². The second-order valence-electron chi connectivity index (χ2n) is 4.38. The van der Waals surface area contributed by atoms with Crippen LogP contribution in [0.4, 0.5) is 4.39 Å². The maximum absolute atomic E-state index is 13.5. The Morgan fingerprint density at radius 2 is 2.11 bits per heavy atom. The van der Waals surface area contributed by atoms with Crippen molar-refractivity contribution >= 4 is 12.1 Å². The molecule has 0 aliphatic heterocycles. The zero-order valence-corrected chi connectivity index (χ0v) is 10.9. The summed E-state index contributed by atoms with van der Waals surface area (Å²) >= 11 is 0. The highest BCUT2D eigenvalue weighted by Gasteiger charge is 2.10. The average molecular weight is 252 g/mol. The third kappa shape index (κ3) is 3.29. The lowest BCUT2D eigenvalue weighted by atomic mass is 10.0. The van der Waals surface area contributed by atoms with E-state index in [2.05, 4.69) is 5.10 Å². The molecule has 0 saturated carbocycles. The van der Waals surface area contributed by atoms with Crippen LogP contribution in [0, 0.1) is 5.82 Å². The predicted octanol–water partition coefficient (Wildman–Crippen LogP) is 2.47. The van der Waals surface area contributed by atoms with E-state index in [1.165, 1.54) is 26.3 Å². The van der Waals surface area contributed by atoms with Gasteiger partial charge in [0.1, 0.15) is 0 Å². The van der Waals surface area contributed by atoms with Crippen molar-refractivity contribution in [2.45, 2.75) is 26.7 Å². The molecule has 98 valence electrons. The molecule has 5 heteroatoms. The van der Waals surface area contributed by atoms with Crippen LogP contribution in [0.25, 0.3) is 0 Å². The molecule has 0 bridgehead atoms. The first-order chi connectivity index (χ1) is 8.32. The summed E-state index contributed by atoms with van der Waals surface area (Å²) in [4.78, 5) is 11.0. The van der Waals surface area contributed by atoms with Crippen LogP contribution in [0.2, 0.25) is 0 Å². The van der Waals surface area contributed by atoms with Crippen molar-refractivity contribution in [3.05, 3.63) is 29.1 Å². The molecule has 0 atom stereocenters. The molecule has 1 amide bonds. The van der Waals surface area contributed by atoms with Gasteiger partial charge in [-0.2, -0.15) is 5.10 Å². The number of amides is 1. The minimum Gasteiger partial charge on any atom is -0.504 e. The van der Waals surface area contributed by atoms with Crippen LogP contribution < -0.4 is 0 Å². The Morgan fingerprint density at radius 3 is 2.61 bits per heavy atom. The highest BCUT2D eigenvalue weighted by molar-refractivity contribution is 5.85. The van der Waals surface area contributed by atoms with E-state index >= 15 is 0 Å². The molecule has 0 aliphatic rings. The van der Waals surface area contributed by atoms with Crippen molar-refractivity contribution < 1.29 is 14.3 Å². The first-order valence-corrected chi connectivity index (χ1v) is 5.63. The van der Waals surface area contributed by atoms with Crippen LogP contribution >= 0.6 is 0 Å². The van der Waals surface area contributed by atoms with E-state index < -0.39 is 11.6 Å². The van der Waals surface area contributed by atoms with Crippen LogP contribution in [0.3, 0.4) is 0 Å². The molecule has 0 unspecified atom stereocenters. The minimum absolute atomic E-state index is 0.137. The first-order valence-electron chi connectivity index (χ1n) is 5.63. The van der Waals surface area contributed by atoms with E-state index in [-0.39, 0.29) is 17.4 Å². The Labute approximate surface area is 106 Å². The van der Waals surface area contributed by atoms with Crippen LogP contribution in [0.5, 0.6) is 5.75 Å². The lowest BCUT2D eigenvalue weighted by Gasteiger charge is -2.10. The SMILES string of the molecule is CC(=O)N(C)/N=C/c1cc(C(C)C)cc(F)c1O. The molecule has 1 N–H and O–H groups in total. The Bertz CT molecular complexity index is 484. The van der Waals surface area contributed by atoms with Crippen LogP contribution in [-0.4, -0.2) is 29.3 Å². The third-order valence-corrected chi connectivity index (χ3v) is 2.61. The van der Waals surface area contributed by atoms with Gasteiger partial charge in [-0.25, -0.2) is 9.40 Å². The molecular formula is C13H17FN2O2. The van der Waals surface area contributed by atoms with Crippen LogP contribution in [-0.2, 0) is 4.79 Å². The van der Waals surface area contributed by atoms with E-state index in [4.69, 9.17) is 0 Å². The zero-order chi connectivity index (χ0) is 13.9. The van der Waals surface area contributed by atoms with Crippen LogP contribution in [0.1, 0.15) is 37.8 Å². The van der Waals surface area contributed by atoms with Crippen molar-refractivity contribution in [2.24, 2.45) is 5.10 Å². The summed E-state index contributed by atoms with van der Waals surface area (Å²) in [7, 11) is 1.48. The Kier molecular flexibility index (Phi) is 4.42. The smallest absolute Gasteiger partial charge is 0.239 e. The van der Waals surface area contributed by atoms with Gasteiger partial charge in [0.05, 0.1) is 6.21 Å². The van der Waals surface area contributed by atoms with E-state index in [0.29, 0.717) is 0 Å². The molecule has 0 fully saturated rings. The lowest BCUT2D eigenvalue weighted by molar-refractivity contribution is -0.127. The van der Waals surface area contributed by atoms with Crippen molar-refractivity contribution in [1.29, 1.82) is 0 Å². The molecule has 4 nitrogen and oxygen atoms in total. The summed E-state index contributed by atoms with van der Waals surface area (Å²) in [5.41, 5.74) is 1.02. The number of hydrogen-bond donors (Lipinski definition) is 1. The molecule has 1 rings (SSSR count). The summed E-state index contributed by atoms with van der Waals surface area (Å²) in [6, 6.07) is 2.95. The maximum atomic E-state index is 13.5. The van der Waals surface area contributed by atoms with Crippen LogP contribution in [0.15, 0.2) is 17.2 Å². The fraction of sp³-hybridized carbons (Fsp3) is 0.385. The fourth-order valence-electron chi connectivity index (χ4n) is 1.30. The number of carbonyl (C=O) groups is 1. The van der Waals surface area contributed by atoms with Gasteiger partial charge in [0.2, 0.25) is 5.91 Å². The highest BCUT2D eigenvalue weighted by atomic mass is 19.1. The van der Waals surface area contributed by atoms with E-state index in [1.807, 2.05) is 13.8 Å². The Hall–Kier alpha value is -1.91. The normalized spacial score (nSPS) is 11.2. The first kappa shape index (κ1) is 14.2. The number of phenols is 1. The maximum Gasteiger partial charge on any atom is 0.239 e. The standard InChI is InChI=1S/C13H17FN2O2/c1-8(2)10-5-11(13(18)12(14)6-10)7-15-16(4)9(3)17/h5-8,18H,1-4H3/b15-7+. The van der Waals surface area contributed by atoms with Gasteiger partial charge in [0.25, 0.3) is 0 Å². The Morgan fingerprint density at radius 1 is 1.50 bits per heavy atom. The lowest BCUT2D eigenvalue weighted by Crippen LogP contribution is -2.17. The predicted molar refractivity (Wildman–Crippen MR) is 68.2 cm³/mol. The molecule has 0 aromatic heterocycles. The quantitative estimate of drug-likeness (QED) is 0.663. The van der Waals surface area contributed by atoms with E-state index in [9.17, 15) is 14.3 Å². The fourth-order valence-corrected chi connectivity index (χ4v) is 1.30. The molecule has 0 saturated heterocycles. The number of phenolic OH excluding ortho intramolecular Hbond substituents is 1. The molecular weight excluding hydrogens is 235 g/mol. The van der Waals surface area contributed by atoms with Gasteiger partial charge in [0.15, 0.2) is 11.6 Å². The van der Waals surface area contributed by atoms with Gasteiger partial charge in [-0.15, -0.1) is 0 Å². The van der Waals surface area contributed by atoms with Gasteiger partial charge in [0, 0.05) is 19.5 Å². The summed E-state index contributed by atoms with van der Waals surface area (Å²) in [6.07, 6.45) is 1.27. The molecule has 0 heterocycles. The topological polar surface area (TPSA) is 52.9 Å². The summed E-state index contributed by atoms with van der Waals surface area (Å²) in [5, 5.41) is 14.5. The number of hydrogen-bond acceptors (Lipinski definition) is 3. The zero-order valence-electron chi connectivity index (χ0n) is 10.9. The molecule has 1 aromatic rings. The summed E-state index contributed by atoms with van der Waals surface area (Å²) < 4.78 is 13.5. The molecule has 0 spiro atoms. The number of hydrazone groups is 1. The van der Waals surface area contributed by atoms with Crippen molar-refractivity contribution in [1.82, 2.24) is 5.01 Å². The molecule has 18 heavy (non-hydrogen) atoms. The average Bonchev–Trinajstić information content (AvgIpc) is 2.29. The van der Waals surface area contributed by atoms with E-state index in [1.54, 1.807) is 6.07 Å². The number of benzene rings is 1. The number of halogens is 1. The number of nitrogens with zero attached hydrogens (tertiary/aromatic N) is 2. The number of rotatable bonds is 3. The second-order valence-corrected chi connectivity index (χ2v) is 4.38. The minimum atomic E-state index is -0.687. The van der Waals surface area contributed by atoms with Crippen molar-refractivity contribution in [3.8, 4) is 5.75 Å². The highest BCUT2D eigenvalue weighted by Crippen LogP contribution is 2.25. The third-order valence-electron chi connectivity index (χ3n) is 2.61. The Balaban J connectivity index is 3.12. The van der Waals surface area contributed by atoms with Gasteiger partial charge >= 0.3 is 0 Å². The second kappa shape index (κ2) is 5.62. The summed E-state index contributed by atoms with van der Waals surface area (Å²) in [5.74, 6) is -1.25. The van der Waals surface area contributed by atoms with Gasteiger partial charge in [-0.1, -0.05) is 13.8 Å². The van der Waals surface area contributed by atoms with Gasteiger partial charge in [-0.3, -0.25) is 4.79 Å². The molecule has 0 aliphatic carbocycles. The molecule has 0 radical (unpaired) electrons. The van der Waals surface area contributed by atoms with Gasteiger partial charge in [-0.05, 0) is 23.6 Å². The van der Waals surface area contributed by atoms with E-state index in [0.717, 1.165) is 10.6 Å². The molecule has 1 aromatic carbocycles. The summed E-state index contributed by atoms with van der Waals surface area (Å²) in [6.45, 7) is 5.21. The number of aromatic hydroxyl groups is 1. The van der Waals surface area contributed by atoms with Crippen molar-refractivity contribution in [3.63, 3.8) is 0 Å². The largest absolute Gasteiger partial charge is 0.504 e. The van der Waals surface area contributed by atoms with Gasteiger partial charge < -0.3 is 5.11 Å².